The molecule has 1 atom stereocenters. The third-order valence-electron chi connectivity index (χ3n) is 7.29. The summed E-state index contributed by atoms with van der Waals surface area (Å²) in [6, 6.07) is 11.3. The number of nitrogens with zero attached hydrogens (tertiary/aromatic N) is 3. The highest BCUT2D eigenvalue weighted by Gasteiger charge is 2.44. The van der Waals surface area contributed by atoms with E-state index in [4.69, 9.17) is 30.9 Å². The smallest absolute Gasteiger partial charge is 0.427 e. The Kier molecular flexibility index (Phi) is 8.23. The van der Waals surface area contributed by atoms with Crippen LogP contribution in [0.25, 0.3) is 5.69 Å². The number of carbonyl (C=O) groups excluding carboxylic acids is 1. The average molecular weight is 582 g/mol. The molecule has 7 nitrogen and oxygen atoms in total. The molecule has 40 heavy (non-hydrogen) atoms. The number of aromatic nitrogens is 2. The monoisotopic (exact) mass is 581 g/mol. The lowest BCUT2D eigenvalue weighted by atomic mass is 9.93. The number of ether oxygens (including phenoxy) is 3. The first kappa shape index (κ1) is 28.2. The largest absolute Gasteiger partial charge is 0.497 e. The minimum absolute atomic E-state index is 0.0751. The van der Waals surface area contributed by atoms with Crippen LogP contribution in [-0.4, -0.2) is 59.9 Å². The lowest BCUT2D eigenvalue weighted by molar-refractivity contribution is -0.220. The van der Waals surface area contributed by atoms with Gasteiger partial charge in [-0.15, -0.1) is 0 Å². The molecule has 1 fully saturated rings. The number of rotatable bonds is 7. The van der Waals surface area contributed by atoms with Gasteiger partial charge >= 0.3 is 12.3 Å². The molecule has 2 aromatic carbocycles. The summed E-state index contributed by atoms with van der Waals surface area (Å²) in [5, 5.41) is 5.26. The Bertz CT molecular complexity index is 1350. The normalized spacial score (nSPS) is 16.3. The van der Waals surface area contributed by atoms with Gasteiger partial charge in [0, 0.05) is 19.0 Å². The number of amides is 1. The maximum atomic E-state index is 13.7. The van der Waals surface area contributed by atoms with Gasteiger partial charge in [0.05, 0.1) is 42.4 Å². The molecule has 1 amide bonds. The predicted molar refractivity (Wildman–Crippen MR) is 138 cm³/mol. The number of fused-ring (bicyclic) bond motifs is 3. The Balaban J connectivity index is 1.17. The van der Waals surface area contributed by atoms with E-state index in [9.17, 15) is 22.4 Å². The van der Waals surface area contributed by atoms with Crippen LogP contribution in [0.1, 0.15) is 41.3 Å². The van der Waals surface area contributed by atoms with E-state index in [1.54, 1.807) is 35.0 Å². The van der Waals surface area contributed by atoms with Gasteiger partial charge in [-0.1, -0.05) is 23.7 Å². The summed E-state index contributed by atoms with van der Waals surface area (Å²) in [4.78, 5) is 13.9. The quantitative estimate of drug-likeness (QED) is 0.309. The number of methoxy groups -OCH3 is 1. The number of hydrogen-bond acceptors (Lipinski definition) is 5. The third kappa shape index (κ3) is 6.05. The van der Waals surface area contributed by atoms with E-state index in [2.05, 4.69) is 0 Å². The molecule has 2 aliphatic rings. The highest BCUT2D eigenvalue weighted by atomic mass is 35.5. The van der Waals surface area contributed by atoms with Crippen molar-refractivity contribution in [3.05, 3.63) is 75.8 Å². The Hall–Kier alpha value is -3.31. The number of likely N-dealkylation sites (tertiary alicyclic amines) is 1. The van der Waals surface area contributed by atoms with Crippen LogP contribution in [0.4, 0.5) is 22.4 Å². The Labute approximate surface area is 233 Å². The van der Waals surface area contributed by atoms with Crippen LogP contribution in [0.3, 0.4) is 0 Å². The Morgan fingerprint density at radius 2 is 1.85 bits per heavy atom. The van der Waals surface area contributed by atoms with Gasteiger partial charge in [0.1, 0.15) is 11.6 Å². The molecule has 0 N–H and O–H groups in total. The van der Waals surface area contributed by atoms with Gasteiger partial charge in [-0.2, -0.15) is 18.3 Å². The molecule has 0 aliphatic carbocycles. The first-order valence-electron chi connectivity index (χ1n) is 12.9. The maximum Gasteiger partial charge on any atom is 0.427 e. The van der Waals surface area contributed by atoms with Gasteiger partial charge in [-0.05, 0) is 67.1 Å². The van der Waals surface area contributed by atoms with Gasteiger partial charge < -0.3 is 19.1 Å². The van der Waals surface area contributed by atoms with Crippen LogP contribution in [0, 0.1) is 5.82 Å². The number of halogens is 5. The molecule has 1 saturated heterocycles. The molecule has 0 radical (unpaired) electrons. The van der Waals surface area contributed by atoms with Gasteiger partial charge in [0.15, 0.2) is 0 Å². The molecule has 1 aromatic heterocycles. The van der Waals surface area contributed by atoms with Crippen LogP contribution in [0.15, 0.2) is 42.5 Å². The standard InChI is InChI=1S/C28H28ClF4N3O4/c1-38-21-6-2-17(3-7-21)15-39-16-24(28(31,32)33)40-27(37)35-12-10-18(11-13-35)26-25(29)23-8-4-19-14-20(30)5-9-22(19)36(23)34-26/h2-3,5-7,9,14,18,24H,4,8,10-13,15-16H2,1H3. The summed E-state index contributed by atoms with van der Waals surface area (Å²) >= 11 is 6.69. The molecule has 2 aliphatic heterocycles. The van der Waals surface area contributed by atoms with E-state index >= 15 is 0 Å². The average Bonchev–Trinajstić information content (AvgIpc) is 3.28. The zero-order valence-corrected chi connectivity index (χ0v) is 22.5. The first-order valence-corrected chi connectivity index (χ1v) is 13.3. The summed E-state index contributed by atoms with van der Waals surface area (Å²) in [6.07, 6.45) is -6.02. The lowest BCUT2D eigenvalue weighted by Crippen LogP contribution is -2.44. The van der Waals surface area contributed by atoms with Gasteiger partial charge in [-0.3, -0.25) is 0 Å². The van der Waals surface area contributed by atoms with Crippen molar-refractivity contribution in [1.82, 2.24) is 14.7 Å². The molecule has 5 rings (SSSR count). The molecule has 0 spiro atoms. The molecule has 3 aromatic rings. The maximum absolute atomic E-state index is 13.7. The van der Waals surface area contributed by atoms with Crippen LogP contribution < -0.4 is 4.74 Å². The molecule has 0 saturated carbocycles. The van der Waals surface area contributed by atoms with E-state index in [0.717, 1.165) is 16.9 Å². The zero-order valence-electron chi connectivity index (χ0n) is 21.7. The number of carbonyl (C=O) groups is 1. The van der Waals surface area contributed by atoms with Crippen molar-refractivity contribution >= 4 is 17.7 Å². The lowest BCUT2D eigenvalue weighted by Gasteiger charge is -2.32. The third-order valence-corrected chi connectivity index (χ3v) is 7.70. The van der Waals surface area contributed by atoms with Crippen molar-refractivity contribution in [2.24, 2.45) is 0 Å². The number of aryl methyl sites for hydroxylation is 1. The fourth-order valence-electron chi connectivity index (χ4n) is 5.08. The summed E-state index contributed by atoms with van der Waals surface area (Å²) in [5.41, 5.74) is 3.82. The topological polar surface area (TPSA) is 65.8 Å². The summed E-state index contributed by atoms with van der Waals surface area (Å²) in [7, 11) is 1.51. The van der Waals surface area contributed by atoms with Crippen LogP contribution >= 0.6 is 11.6 Å². The minimum atomic E-state index is -4.78. The SMILES string of the molecule is COc1ccc(COCC(OC(=O)N2CCC(c3nn4c(c3Cl)CCc3cc(F)ccc3-4)CC2)C(F)(F)F)cc1. The van der Waals surface area contributed by atoms with Gasteiger partial charge in [0.2, 0.25) is 6.10 Å². The number of benzene rings is 2. The second-order valence-electron chi connectivity index (χ2n) is 9.87. The first-order chi connectivity index (χ1) is 19.1. The molecular formula is C28H28ClF4N3O4. The zero-order chi connectivity index (χ0) is 28.4. The second-order valence-corrected chi connectivity index (χ2v) is 10.2. The van der Waals surface area contributed by atoms with Crippen LogP contribution in [0.5, 0.6) is 5.75 Å². The molecule has 3 heterocycles. The van der Waals surface area contributed by atoms with Crippen molar-refractivity contribution in [3.8, 4) is 11.4 Å². The molecule has 12 heteroatoms. The van der Waals surface area contributed by atoms with Crippen molar-refractivity contribution in [2.45, 2.75) is 50.5 Å². The highest BCUT2D eigenvalue weighted by Crippen LogP contribution is 2.38. The van der Waals surface area contributed by atoms with Crippen LogP contribution in [0.2, 0.25) is 5.02 Å². The Morgan fingerprint density at radius 3 is 2.52 bits per heavy atom. The summed E-state index contributed by atoms with van der Waals surface area (Å²) < 4.78 is 71.4. The van der Waals surface area contributed by atoms with Crippen molar-refractivity contribution in [1.29, 1.82) is 0 Å². The molecule has 0 bridgehead atoms. The van der Waals surface area contributed by atoms with E-state index in [0.29, 0.717) is 47.7 Å². The number of piperidine rings is 1. The van der Waals surface area contributed by atoms with Crippen molar-refractivity contribution in [3.63, 3.8) is 0 Å². The van der Waals surface area contributed by atoms with Crippen molar-refractivity contribution in [2.75, 3.05) is 26.8 Å². The predicted octanol–water partition coefficient (Wildman–Crippen LogP) is 6.24. The van der Waals surface area contributed by atoms with Crippen LogP contribution in [-0.2, 0) is 28.9 Å². The van der Waals surface area contributed by atoms with E-state index in [1.807, 2.05) is 0 Å². The molecular weight excluding hydrogens is 554 g/mol. The second kappa shape index (κ2) is 11.7. The number of hydrogen-bond donors (Lipinski definition) is 0. The van der Waals surface area contributed by atoms with E-state index in [1.165, 1.54) is 24.1 Å². The summed E-state index contributed by atoms with van der Waals surface area (Å²) in [5.74, 6) is 0.229. The summed E-state index contributed by atoms with van der Waals surface area (Å²) in [6.45, 7) is -0.505. The van der Waals surface area contributed by atoms with Gasteiger partial charge in [-0.25, -0.2) is 13.9 Å². The molecule has 214 valence electrons. The number of alkyl halides is 3. The minimum Gasteiger partial charge on any atom is -0.497 e. The fraction of sp³-hybridized carbons (Fsp3) is 0.429. The highest BCUT2D eigenvalue weighted by molar-refractivity contribution is 6.32. The van der Waals surface area contributed by atoms with E-state index < -0.39 is 25.0 Å². The van der Waals surface area contributed by atoms with E-state index in [-0.39, 0.29) is 31.4 Å². The molecule has 1 unspecified atom stereocenters. The fourth-order valence-corrected chi connectivity index (χ4v) is 5.44. The Morgan fingerprint density at radius 1 is 1.12 bits per heavy atom. The van der Waals surface area contributed by atoms with Crippen molar-refractivity contribution < 1.29 is 36.6 Å². The van der Waals surface area contributed by atoms with Gasteiger partial charge in [0.25, 0.3) is 0 Å².